The number of aliphatic hydroxyl groups excluding tert-OH is 1. The van der Waals surface area contributed by atoms with Crippen LogP contribution in [0.5, 0.6) is 0 Å². The first-order valence-electron chi connectivity index (χ1n) is 7.04. The zero-order chi connectivity index (χ0) is 14.0. The molecule has 3 atom stereocenters. The van der Waals surface area contributed by atoms with E-state index in [9.17, 15) is 4.79 Å². The van der Waals surface area contributed by atoms with Gasteiger partial charge in [0.25, 0.3) is 0 Å². The van der Waals surface area contributed by atoms with E-state index in [0.717, 1.165) is 6.42 Å². The Hall–Kier alpha value is -1.35. The van der Waals surface area contributed by atoms with E-state index in [1.54, 1.807) is 6.92 Å². The van der Waals surface area contributed by atoms with E-state index in [4.69, 9.17) is 5.11 Å². The quantitative estimate of drug-likeness (QED) is 0.855. The van der Waals surface area contributed by atoms with E-state index < -0.39 is 6.10 Å². The summed E-state index contributed by atoms with van der Waals surface area (Å²) < 4.78 is 0. The molecular weight excluding hydrogens is 238 g/mol. The Morgan fingerprint density at radius 2 is 1.95 bits per heavy atom. The Kier molecular flexibility index (Phi) is 4.25. The average Bonchev–Trinajstić information content (AvgIpc) is 3.16. The van der Waals surface area contributed by atoms with Crippen molar-refractivity contribution in [1.82, 2.24) is 5.32 Å². The van der Waals surface area contributed by atoms with Crippen molar-refractivity contribution in [2.45, 2.75) is 45.1 Å². The average molecular weight is 261 g/mol. The topological polar surface area (TPSA) is 49.3 Å². The van der Waals surface area contributed by atoms with Crippen molar-refractivity contribution in [2.24, 2.45) is 5.92 Å². The Bertz CT molecular complexity index is 437. The Morgan fingerprint density at radius 3 is 2.47 bits per heavy atom. The Morgan fingerprint density at radius 1 is 1.32 bits per heavy atom. The van der Waals surface area contributed by atoms with Crippen LogP contribution in [-0.2, 0) is 4.79 Å². The number of aliphatic hydroxyl groups is 1. The second-order valence-electron chi connectivity index (χ2n) is 5.86. The van der Waals surface area contributed by atoms with Crippen LogP contribution in [-0.4, -0.2) is 23.7 Å². The minimum Gasteiger partial charge on any atom is -0.392 e. The third-order valence-electron chi connectivity index (χ3n) is 3.73. The molecule has 0 bridgehead atoms. The van der Waals surface area contributed by atoms with Gasteiger partial charge in [0.2, 0.25) is 5.91 Å². The molecule has 104 valence electrons. The first-order valence-corrected chi connectivity index (χ1v) is 7.04. The van der Waals surface area contributed by atoms with E-state index >= 15 is 0 Å². The van der Waals surface area contributed by atoms with Gasteiger partial charge < -0.3 is 10.4 Å². The van der Waals surface area contributed by atoms with Crippen molar-refractivity contribution < 1.29 is 9.90 Å². The number of rotatable bonds is 5. The summed E-state index contributed by atoms with van der Waals surface area (Å²) in [6.07, 6.45) is 0.443. The second-order valence-corrected chi connectivity index (χ2v) is 5.86. The van der Waals surface area contributed by atoms with Gasteiger partial charge >= 0.3 is 0 Å². The summed E-state index contributed by atoms with van der Waals surface area (Å²) in [5, 5.41) is 11.9. The van der Waals surface area contributed by atoms with Crippen molar-refractivity contribution in [3.8, 4) is 0 Å². The van der Waals surface area contributed by atoms with Gasteiger partial charge in [-0.25, -0.2) is 0 Å². The van der Waals surface area contributed by atoms with Crippen LogP contribution in [0.4, 0.5) is 0 Å². The maximum Gasteiger partial charge on any atom is 0.223 e. The highest BCUT2D eigenvalue weighted by molar-refractivity contribution is 5.82. The summed E-state index contributed by atoms with van der Waals surface area (Å²) in [5.41, 5.74) is 2.58. The molecule has 0 saturated heterocycles. The molecule has 2 rings (SSSR count). The molecule has 1 aromatic rings. The zero-order valence-corrected chi connectivity index (χ0v) is 11.9. The number of carbonyl (C=O) groups excluding carboxylic acids is 1. The number of nitrogens with one attached hydrogen (secondary N) is 1. The van der Waals surface area contributed by atoms with Crippen LogP contribution in [0.3, 0.4) is 0 Å². The Balaban J connectivity index is 1.90. The lowest BCUT2D eigenvalue weighted by Gasteiger charge is -2.08. The minimum atomic E-state index is -0.480. The lowest BCUT2D eigenvalue weighted by atomic mass is 10.00. The van der Waals surface area contributed by atoms with Crippen LogP contribution in [0.15, 0.2) is 24.3 Å². The predicted octanol–water partition coefficient (Wildman–Crippen LogP) is 2.41. The second kappa shape index (κ2) is 5.74. The molecular formula is C16H23NO2. The molecule has 0 radical (unpaired) electrons. The molecule has 1 fully saturated rings. The predicted molar refractivity (Wildman–Crippen MR) is 76.1 cm³/mol. The fourth-order valence-electron chi connectivity index (χ4n) is 2.36. The van der Waals surface area contributed by atoms with Gasteiger partial charge in [0.05, 0.1) is 6.10 Å². The van der Waals surface area contributed by atoms with E-state index in [1.165, 1.54) is 11.1 Å². The summed E-state index contributed by atoms with van der Waals surface area (Å²) in [5.74, 6) is 1.05. The van der Waals surface area contributed by atoms with Crippen molar-refractivity contribution in [1.29, 1.82) is 0 Å². The molecule has 3 nitrogen and oxygen atoms in total. The normalized spacial score (nSPS) is 23.2. The molecule has 2 N–H and O–H groups in total. The van der Waals surface area contributed by atoms with Gasteiger partial charge in [-0.15, -0.1) is 0 Å². The lowest BCUT2D eigenvalue weighted by Crippen LogP contribution is -2.31. The molecule has 1 aliphatic rings. The van der Waals surface area contributed by atoms with Crippen LogP contribution >= 0.6 is 0 Å². The van der Waals surface area contributed by atoms with Crippen LogP contribution in [0.2, 0.25) is 0 Å². The maximum absolute atomic E-state index is 11.8. The first-order chi connectivity index (χ1) is 8.99. The number of carbonyl (C=O) groups is 1. The fraction of sp³-hybridized carbons (Fsp3) is 0.562. The molecule has 0 spiro atoms. The molecule has 3 heteroatoms. The van der Waals surface area contributed by atoms with Crippen molar-refractivity contribution in [3.05, 3.63) is 35.4 Å². The third kappa shape index (κ3) is 3.57. The standard InChI is InChI=1S/C16H23NO2/c1-10(2)12-4-6-13(7-5-12)14-8-15(14)16(19)17-9-11(3)18/h4-7,10-11,14-15,18H,8-9H2,1-3H3,(H,17,19). The van der Waals surface area contributed by atoms with Gasteiger partial charge in [-0.1, -0.05) is 38.1 Å². The molecule has 0 aliphatic heterocycles. The number of benzene rings is 1. The highest BCUT2D eigenvalue weighted by Gasteiger charge is 2.43. The molecule has 3 unspecified atom stereocenters. The monoisotopic (exact) mass is 261 g/mol. The summed E-state index contributed by atoms with van der Waals surface area (Å²) in [4.78, 5) is 11.8. The molecule has 1 saturated carbocycles. The summed E-state index contributed by atoms with van der Waals surface area (Å²) in [6, 6.07) is 8.59. The fourth-order valence-corrected chi connectivity index (χ4v) is 2.36. The van der Waals surface area contributed by atoms with E-state index in [0.29, 0.717) is 18.4 Å². The minimum absolute atomic E-state index is 0.0684. The smallest absolute Gasteiger partial charge is 0.223 e. The molecule has 0 aromatic heterocycles. The van der Waals surface area contributed by atoms with Gasteiger partial charge in [-0.05, 0) is 36.3 Å². The van der Waals surface area contributed by atoms with Crippen LogP contribution < -0.4 is 5.32 Å². The summed E-state index contributed by atoms with van der Waals surface area (Å²) in [6.45, 7) is 6.38. The van der Waals surface area contributed by atoms with Gasteiger partial charge in [-0.3, -0.25) is 4.79 Å². The van der Waals surface area contributed by atoms with Crippen molar-refractivity contribution in [2.75, 3.05) is 6.54 Å². The van der Waals surface area contributed by atoms with E-state index in [2.05, 4.69) is 43.4 Å². The third-order valence-corrected chi connectivity index (χ3v) is 3.73. The number of hydrogen-bond donors (Lipinski definition) is 2. The summed E-state index contributed by atoms with van der Waals surface area (Å²) >= 11 is 0. The number of amides is 1. The van der Waals surface area contributed by atoms with Crippen LogP contribution in [0, 0.1) is 5.92 Å². The highest BCUT2D eigenvalue weighted by Crippen LogP contribution is 2.47. The van der Waals surface area contributed by atoms with Crippen LogP contribution in [0.1, 0.15) is 50.2 Å². The van der Waals surface area contributed by atoms with Gasteiger partial charge in [-0.2, -0.15) is 0 Å². The SMILES string of the molecule is CC(O)CNC(=O)C1CC1c1ccc(C(C)C)cc1. The van der Waals surface area contributed by atoms with E-state index in [-0.39, 0.29) is 11.8 Å². The zero-order valence-electron chi connectivity index (χ0n) is 11.9. The molecule has 0 heterocycles. The molecule has 1 amide bonds. The summed E-state index contributed by atoms with van der Waals surface area (Å²) in [7, 11) is 0. The number of hydrogen-bond acceptors (Lipinski definition) is 2. The van der Waals surface area contributed by atoms with Gasteiger partial charge in [0, 0.05) is 12.5 Å². The first kappa shape index (κ1) is 14.1. The van der Waals surface area contributed by atoms with Gasteiger partial charge in [0.15, 0.2) is 0 Å². The van der Waals surface area contributed by atoms with Crippen molar-refractivity contribution >= 4 is 5.91 Å². The molecule has 1 aromatic carbocycles. The van der Waals surface area contributed by atoms with Crippen LogP contribution in [0.25, 0.3) is 0 Å². The lowest BCUT2D eigenvalue weighted by molar-refractivity contribution is -0.122. The van der Waals surface area contributed by atoms with Gasteiger partial charge in [0.1, 0.15) is 0 Å². The Labute approximate surface area is 115 Å². The highest BCUT2D eigenvalue weighted by atomic mass is 16.3. The van der Waals surface area contributed by atoms with Crippen molar-refractivity contribution in [3.63, 3.8) is 0 Å². The maximum atomic E-state index is 11.8. The molecule has 19 heavy (non-hydrogen) atoms. The van der Waals surface area contributed by atoms with E-state index in [1.807, 2.05) is 0 Å². The largest absolute Gasteiger partial charge is 0.392 e. The molecule has 1 aliphatic carbocycles.